The molecule has 0 fully saturated rings. The zero-order valence-electron chi connectivity index (χ0n) is 12.0. The van der Waals surface area contributed by atoms with Crippen molar-refractivity contribution in [2.24, 2.45) is 0 Å². The number of nitrogens with one attached hydrogen (secondary N) is 2. The van der Waals surface area contributed by atoms with Crippen molar-refractivity contribution in [1.82, 2.24) is 5.32 Å². The van der Waals surface area contributed by atoms with Gasteiger partial charge in [0.1, 0.15) is 12.4 Å². The first kappa shape index (κ1) is 16.5. The monoisotopic (exact) mass is 338 g/mol. The summed E-state index contributed by atoms with van der Waals surface area (Å²) in [5.41, 5.74) is 1.59. The van der Waals surface area contributed by atoms with Gasteiger partial charge in [-0.3, -0.25) is 0 Å². The Hall–Kier alpha value is -1.91. The van der Waals surface area contributed by atoms with Gasteiger partial charge in [-0.2, -0.15) is 0 Å². The molecule has 0 radical (unpaired) electrons. The van der Waals surface area contributed by atoms with Crippen LogP contribution in [-0.2, 0) is 0 Å². The minimum absolute atomic E-state index is 0.364. The van der Waals surface area contributed by atoms with Gasteiger partial charge in [0.25, 0.3) is 0 Å². The maximum Gasteiger partial charge on any atom is 0.319 e. The summed E-state index contributed by atoms with van der Waals surface area (Å²) in [6.07, 6.45) is 0. The molecular weight excluding hydrogens is 323 g/mol. The van der Waals surface area contributed by atoms with Crippen molar-refractivity contribution in [2.45, 2.75) is 6.92 Å². The van der Waals surface area contributed by atoms with Crippen molar-refractivity contribution in [3.63, 3.8) is 0 Å². The number of carbonyl (C=O) groups is 1. The zero-order valence-corrected chi connectivity index (χ0v) is 13.5. The van der Waals surface area contributed by atoms with Gasteiger partial charge in [-0.1, -0.05) is 35.3 Å². The van der Waals surface area contributed by atoms with Crippen LogP contribution >= 0.6 is 23.2 Å². The van der Waals surface area contributed by atoms with E-state index in [4.69, 9.17) is 27.9 Å². The lowest BCUT2D eigenvalue weighted by Crippen LogP contribution is -2.32. The standard InChI is InChI=1S/C16H16Cl2N2O2/c1-11-3-2-4-13(9-11)22-8-7-19-16(21)20-15-10-12(17)5-6-14(15)18/h2-6,9-10H,7-8H2,1H3,(H2,19,20,21). The van der Waals surface area contributed by atoms with Crippen LogP contribution in [0.2, 0.25) is 10.0 Å². The molecule has 0 saturated carbocycles. The number of amides is 2. The zero-order chi connectivity index (χ0) is 15.9. The summed E-state index contributed by atoms with van der Waals surface area (Å²) in [5.74, 6) is 0.778. The highest BCUT2D eigenvalue weighted by Crippen LogP contribution is 2.25. The van der Waals surface area contributed by atoms with Gasteiger partial charge >= 0.3 is 6.03 Å². The van der Waals surface area contributed by atoms with E-state index >= 15 is 0 Å². The van der Waals surface area contributed by atoms with E-state index < -0.39 is 0 Å². The topological polar surface area (TPSA) is 50.4 Å². The van der Waals surface area contributed by atoms with Gasteiger partial charge in [-0.15, -0.1) is 0 Å². The Morgan fingerprint density at radius 2 is 2.00 bits per heavy atom. The molecule has 0 bridgehead atoms. The first-order valence-corrected chi connectivity index (χ1v) is 7.49. The minimum atomic E-state index is -0.364. The normalized spacial score (nSPS) is 10.1. The van der Waals surface area contributed by atoms with Crippen LogP contribution in [0.4, 0.5) is 10.5 Å². The SMILES string of the molecule is Cc1cccc(OCCNC(=O)Nc2cc(Cl)ccc2Cl)c1. The number of rotatable bonds is 5. The largest absolute Gasteiger partial charge is 0.492 e. The fraction of sp³-hybridized carbons (Fsp3) is 0.188. The Morgan fingerprint density at radius 1 is 1.18 bits per heavy atom. The lowest BCUT2D eigenvalue weighted by Gasteiger charge is -2.10. The Labute approximate surface area is 139 Å². The van der Waals surface area contributed by atoms with E-state index in [1.807, 2.05) is 31.2 Å². The van der Waals surface area contributed by atoms with Gasteiger partial charge < -0.3 is 15.4 Å². The number of halogens is 2. The van der Waals surface area contributed by atoms with E-state index in [1.54, 1.807) is 18.2 Å². The van der Waals surface area contributed by atoms with E-state index in [9.17, 15) is 4.79 Å². The first-order valence-electron chi connectivity index (χ1n) is 6.74. The highest BCUT2D eigenvalue weighted by Gasteiger charge is 2.06. The molecule has 0 heterocycles. The third-order valence-electron chi connectivity index (χ3n) is 2.82. The van der Waals surface area contributed by atoms with Gasteiger partial charge in [0, 0.05) is 5.02 Å². The van der Waals surface area contributed by atoms with Crippen molar-refractivity contribution < 1.29 is 9.53 Å². The summed E-state index contributed by atoms with van der Waals surface area (Å²) in [7, 11) is 0. The summed E-state index contributed by atoms with van der Waals surface area (Å²) < 4.78 is 5.54. The van der Waals surface area contributed by atoms with Crippen molar-refractivity contribution >= 4 is 34.9 Å². The summed E-state index contributed by atoms with van der Waals surface area (Å²) >= 11 is 11.8. The van der Waals surface area contributed by atoms with Crippen LogP contribution in [0.1, 0.15) is 5.56 Å². The highest BCUT2D eigenvalue weighted by molar-refractivity contribution is 6.35. The van der Waals surface area contributed by atoms with E-state index in [0.29, 0.717) is 28.9 Å². The number of ether oxygens (including phenoxy) is 1. The lowest BCUT2D eigenvalue weighted by atomic mass is 10.2. The highest BCUT2D eigenvalue weighted by atomic mass is 35.5. The molecular formula is C16H16Cl2N2O2. The van der Waals surface area contributed by atoms with Gasteiger partial charge in [-0.25, -0.2) is 4.79 Å². The molecule has 2 N–H and O–H groups in total. The maximum atomic E-state index is 11.8. The number of hydrogen-bond donors (Lipinski definition) is 2. The van der Waals surface area contributed by atoms with Gasteiger partial charge in [0.15, 0.2) is 0 Å². The van der Waals surface area contributed by atoms with Crippen LogP contribution in [0, 0.1) is 6.92 Å². The maximum absolute atomic E-state index is 11.8. The number of carbonyl (C=O) groups excluding carboxylic acids is 1. The van der Waals surface area contributed by atoms with Crippen LogP contribution in [0.25, 0.3) is 0 Å². The number of benzene rings is 2. The lowest BCUT2D eigenvalue weighted by molar-refractivity contribution is 0.247. The Kier molecular flexibility index (Phi) is 5.92. The van der Waals surface area contributed by atoms with Gasteiger partial charge in [0.2, 0.25) is 0 Å². The minimum Gasteiger partial charge on any atom is -0.492 e. The molecule has 0 atom stereocenters. The number of hydrogen-bond acceptors (Lipinski definition) is 2. The van der Waals surface area contributed by atoms with Gasteiger partial charge in [-0.05, 0) is 42.8 Å². The molecule has 0 saturated heterocycles. The Balaban J connectivity index is 1.75. The van der Waals surface area contributed by atoms with Crippen LogP contribution in [-0.4, -0.2) is 19.2 Å². The van der Waals surface area contributed by atoms with Crippen molar-refractivity contribution in [2.75, 3.05) is 18.5 Å². The smallest absolute Gasteiger partial charge is 0.319 e. The number of aryl methyl sites for hydroxylation is 1. The molecule has 2 rings (SSSR count). The predicted molar refractivity (Wildman–Crippen MR) is 90.2 cm³/mol. The molecule has 0 aromatic heterocycles. The molecule has 116 valence electrons. The molecule has 2 aromatic carbocycles. The fourth-order valence-corrected chi connectivity index (χ4v) is 2.14. The van der Waals surface area contributed by atoms with Crippen LogP contribution in [0.15, 0.2) is 42.5 Å². The van der Waals surface area contributed by atoms with Crippen LogP contribution in [0.5, 0.6) is 5.75 Å². The van der Waals surface area contributed by atoms with E-state index in [1.165, 1.54) is 0 Å². The first-order chi connectivity index (χ1) is 10.5. The summed E-state index contributed by atoms with van der Waals surface area (Å²) in [6.45, 7) is 2.74. The molecule has 0 aliphatic heterocycles. The van der Waals surface area contributed by atoms with Crippen LogP contribution in [0.3, 0.4) is 0 Å². The average Bonchev–Trinajstić information content (AvgIpc) is 2.48. The molecule has 0 unspecified atom stereocenters. The third-order valence-corrected chi connectivity index (χ3v) is 3.39. The second kappa shape index (κ2) is 7.92. The predicted octanol–water partition coefficient (Wildman–Crippen LogP) is 4.50. The van der Waals surface area contributed by atoms with E-state index in [2.05, 4.69) is 10.6 Å². The molecule has 0 aliphatic rings. The van der Waals surface area contributed by atoms with Crippen LogP contribution < -0.4 is 15.4 Å². The molecule has 22 heavy (non-hydrogen) atoms. The summed E-state index contributed by atoms with van der Waals surface area (Å²) in [4.78, 5) is 11.8. The summed E-state index contributed by atoms with van der Waals surface area (Å²) in [5, 5.41) is 6.25. The van der Waals surface area contributed by atoms with Crippen molar-refractivity contribution in [3.05, 3.63) is 58.1 Å². The van der Waals surface area contributed by atoms with Crippen molar-refractivity contribution in [3.8, 4) is 5.75 Å². The Bertz CT molecular complexity index is 662. The Morgan fingerprint density at radius 3 is 2.77 bits per heavy atom. The average molecular weight is 339 g/mol. The van der Waals surface area contributed by atoms with Crippen molar-refractivity contribution in [1.29, 1.82) is 0 Å². The number of urea groups is 1. The molecule has 6 heteroatoms. The molecule has 2 amide bonds. The second-order valence-corrected chi connectivity index (χ2v) is 5.51. The van der Waals surface area contributed by atoms with E-state index in [-0.39, 0.29) is 6.03 Å². The quantitative estimate of drug-likeness (QED) is 0.788. The molecule has 0 aliphatic carbocycles. The van der Waals surface area contributed by atoms with E-state index in [0.717, 1.165) is 11.3 Å². The fourth-order valence-electron chi connectivity index (χ4n) is 1.80. The third kappa shape index (κ3) is 5.13. The molecule has 4 nitrogen and oxygen atoms in total. The second-order valence-electron chi connectivity index (χ2n) is 4.67. The molecule has 2 aromatic rings. The molecule has 0 spiro atoms. The number of anilines is 1. The van der Waals surface area contributed by atoms with Gasteiger partial charge in [0.05, 0.1) is 17.3 Å². The summed E-state index contributed by atoms with van der Waals surface area (Å²) in [6, 6.07) is 12.2.